The van der Waals surface area contributed by atoms with Crippen molar-refractivity contribution in [1.29, 1.82) is 0 Å². The van der Waals surface area contributed by atoms with Crippen molar-refractivity contribution < 1.29 is 9.47 Å². The highest BCUT2D eigenvalue weighted by Gasteiger charge is 2.41. The predicted octanol–water partition coefficient (Wildman–Crippen LogP) is 20.3. The van der Waals surface area contributed by atoms with Crippen LogP contribution >= 0.6 is 0 Å². The van der Waals surface area contributed by atoms with Crippen LogP contribution in [0.2, 0.25) is 0 Å². The van der Waals surface area contributed by atoms with E-state index < -0.39 is 0 Å². The first-order valence-corrected chi connectivity index (χ1v) is 28.6. The van der Waals surface area contributed by atoms with Crippen molar-refractivity contribution in [2.75, 3.05) is 24.0 Å². The number of ether oxygens (including phenoxy) is 2. The van der Waals surface area contributed by atoms with Crippen molar-refractivity contribution in [2.24, 2.45) is 11.8 Å². The Balaban J connectivity index is 0.988. The fraction of sp³-hybridized carbons (Fsp3) is 0.0513. The van der Waals surface area contributed by atoms with E-state index in [4.69, 9.17) is 9.47 Å². The number of aromatic nitrogens is 1. The standard InChI is InChI=1S/C78H53N3O2/c1-82-61-37-33-57(34-38-61)79(71-45-53-18-10-14-48-28-30-50-16-12-26-67(71)75(50)73(48)53)59-42-55(52-32-41-70-69(44-52)77-65-24-8-6-22-63(65)64-23-7-9-25-66(64)78(77)81(70)56-20-4-3-5-21-56)43-60(47-59)80(58-35-39-62(83-2)40-36-58)72-46-54-19-11-15-49-29-31-51-17-13-27-68(72)76(51)74(49)54/h3-47,73,75H,1-2H3. The van der Waals surface area contributed by atoms with E-state index in [0.29, 0.717) is 0 Å². The lowest BCUT2D eigenvalue weighted by Crippen LogP contribution is -2.34. The van der Waals surface area contributed by atoms with Crippen LogP contribution in [0.1, 0.15) is 0 Å². The van der Waals surface area contributed by atoms with Gasteiger partial charge in [-0.15, -0.1) is 0 Å². The molecule has 1 heterocycles. The molecule has 0 fully saturated rings. The molecule has 12 aromatic carbocycles. The molecule has 5 nitrogen and oxygen atoms in total. The quantitative estimate of drug-likeness (QED) is 0.128. The molecule has 4 aliphatic carbocycles. The molecule has 0 saturated carbocycles. The zero-order valence-corrected chi connectivity index (χ0v) is 45.8. The first-order chi connectivity index (χ1) is 41.1. The number of anilines is 5. The monoisotopic (exact) mass is 1060 g/mol. The molecule has 0 aliphatic heterocycles. The van der Waals surface area contributed by atoms with Gasteiger partial charge in [0.2, 0.25) is 0 Å². The minimum atomic E-state index is 0.154. The summed E-state index contributed by atoms with van der Waals surface area (Å²) in [5, 5.41) is 14.7. The SMILES string of the molecule is COc1ccc(N(C2=CC3=CC=CC4=CC=C5C=CC=C2C5C43)c2cc(-c3ccc4c(c3)c3c5ccccc5c5ccccc5c3n4-c3ccccc3)cc(N(c3ccc(OC)cc3)c3cc4cccc5ccc6cccc3c6c54)c2)cc1. The Bertz CT molecular complexity index is 5110. The molecule has 0 N–H and O–H groups in total. The van der Waals surface area contributed by atoms with Crippen LogP contribution in [0.3, 0.4) is 0 Å². The normalized spacial score (nSPS) is 16.1. The minimum absolute atomic E-state index is 0.154. The second-order valence-electron chi connectivity index (χ2n) is 22.3. The van der Waals surface area contributed by atoms with Crippen LogP contribution in [0.5, 0.6) is 11.5 Å². The zero-order chi connectivity index (χ0) is 54.9. The molecule has 0 radical (unpaired) electrons. The molecule has 2 atom stereocenters. The van der Waals surface area contributed by atoms with Gasteiger partial charge in [-0.1, -0.05) is 170 Å². The van der Waals surface area contributed by atoms with Gasteiger partial charge in [-0.3, -0.25) is 0 Å². The summed E-state index contributed by atoms with van der Waals surface area (Å²) in [5.41, 5.74) is 17.2. The van der Waals surface area contributed by atoms with E-state index in [9.17, 15) is 0 Å². The number of hydrogen-bond acceptors (Lipinski definition) is 4. The number of rotatable bonds is 10. The summed E-state index contributed by atoms with van der Waals surface area (Å²) in [5.74, 6) is 1.98. The van der Waals surface area contributed by atoms with Crippen molar-refractivity contribution in [3.8, 4) is 28.3 Å². The third kappa shape index (κ3) is 7.20. The Morgan fingerprint density at radius 1 is 0.386 bits per heavy atom. The summed E-state index contributed by atoms with van der Waals surface area (Å²) in [4.78, 5) is 4.98. The number of methoxy groups -OCH3 is 2. The second-order valence-corrected chi connectivity index (χ2v) is 22.3. The molecule has 83 heavy (non-hydrogen) atoms. The van der Waals surface area contributed by atoms with Crippen LogP contribution in [0, 0.1) is 11.8 Å². The third-order valence-electron chi connectivity index (χ3n) is 18.0. The Hall–Kier alpha value is -10.6. The van der Waals surface area contributed by atoms with Gasteiger partial charge in [0.15, 0.2) is 0 Å². The van der Waals surface area contributed by atoms with Crippen LogP contribution in [-0.4, -0.2) is 18.8 Å². The van der Waals surface area contributed by atoms with E-state index in [0.717, 1.165) is 68.0 Å². The molecule has 2 unspecified atom stereocenters. The molecule has 1 aromatic heterocycles. The van der Waals surface area contributed by atoms with Crippen LogP contribution < -0.4 is 19.3 Å². The largest absolute Gasteiger partial charge is 0.497 e. The van der Waals surface area contributed by atoms with E-state index in [1.54, 1.807) is 14.2 Å². The number of hydrogen-bond donors (Lipinski definition) is 0. The van der Waals surface area contributed by atoms with E-state index in [1.165, 1.54) is 92.4 Å². The van der Waals surface area contributed by atoms with E-state index in [-0.39, 0.29) is 11.8 Å². The van der Waals surface area contributed by atoms with Crippen molar-refractivity contribution >= 4 is 104 Å². The smallest absolute Gasteiger partial charge is 0.119 e. The van der Waals surface area contributed by atoms with E-state index in [1.807, 2.05) is 0 Å². The maximum Gasteiger partial charge on any atom is 0.119 e. The Morgan fingerprint density at radius 3 is 1.72 bits per heavy atom. The summed E-state index contributed by atoms with van der Waals surface area (Å²) in [6.45, 7) is 0. The van der Waals surface area contributed by atoms with Crippen LogP contribution in [0.25, 0.3) is 92.5 Å². The predicted molar refractivity (Wildman–Crippen MR) is 347 cm³/mol. The summed E-state index contributed by atoms with van der Waals surface area (Å²) >= 11 is 0. The van der Waals surface area contributed by atoms with E-state index in [2.05, 4.69) is 287 Å². The van der Waals surface area contributed by atoms with Gasteiger partial charge < -0.3 is 23.8 Å². The average molecular weight is 1060 g/mol. The maximum absolute atomic E-state index is 5.86. The molecule has 0 amide bonds. The summed E-state index contributed by atoms with van der Waals surface area (Å²) in [6, 6.07) is 80.6. The molecular weight excluding hydrogens is 1010 g/mol. The fourth-order valence-corrected chi connectivity index (χ4v) is 14.4. The van der Waals surface area contributed by atoms with Gasteiger partial charge in [0, 0.05) is 61.8 Å². The Morgan fingerprint density at radius 2 is 0.988 bits per heavy atom. The minimum Gasteiger partial charge on any atom is -0.497 e. The number of nitrogens with zero attached hydrogens (tertiary/aromatic N) is 3. The van der Waals surface area contributed by atoms with Crippen molar-refractivity contribution in [1.82, 2.24) is 4.57 Å². The first-order valence-electron chi connectivity index (χ1n) is 28.6. The lowest BCUT2D eigenvalue weighted by Gasteiger charge is -2.44. The molecule has 17 rings (SSSR count). The van der Waals surface area contributed by atoms with Crippen LogP contribution in [0.4, 0.5) is 28.4 Å². The number of fused-ring (bicyclic) bond motifs is 8. The highest BCUT2D eigenvalue weighted by molar-refractivity contribution is 6.32. The van der Waals surface area contributed by atoms with Crippen molar-refractivity contribution in [2.45, 2.75) is 0 Å². The van der Waals surface area contributed by atoms with Gasteiger partial charge in [0.25, 0.3) is 0 Å². The molecule has 392 valence electrons. The molecule has 5 heteroatoms. The third-order valence-corrected chi connectivity index (χ3v) is 18.0. The van der Waals surface area contributed by atoms with Crippen molar-refractivity contribution in [3.05, 3.63) is 301 Å². The van der Waals surface area contributed by atoms with Gasteiger partial charge >= 0.3 is 0 Å². The van der Waals surface area contributed by atoms with Gasteiger partial charge in [-0.05, 0) is 180 Å². The van der Waals surface area contributed by atoms with Gasteiger partial charge in [0.05, 0.1) is 36.6 Å². The topological polar surface area (TPSA) is 29.9 Å². The maximum atomic E-state index is 5.86. The molecule has 0 bridgehead atoms. The van der Waals surface area contributed by atoms with Crippen molar-refractivity contribution in [3.63, 3.8) is 0 Å². The second kappa shape index (κ2) is 18.5. The van der Waals surface area contributed by atoms with E-state index >= 15 is 0 Å². The van der Waals surface area contributed by atoms with Gasteiger partial charge in [-0.2, -0.15) is 0 Å². The molecule has 0 spiro atoms. The lowest BCUT2D eigenvalue weighted by molar-refractivity contribution is 0.414. The van der Waals surface area contributed by atoms with Gasteiger partial charge in [-0.25, -0.2) is 0 Å². The molecule has 13 aromatic rings. The Kier molecular flexibility index (Phi) is 10.5. The lowest BCUT2D eigenvalue weighted by atomic mass is 9.63. The summed E-state index contributed by atoms with van der Waals surface area (Å²) in [7, 11) is 3.48. The first kappa shape index (κ1) is 47.2. The summed E-state index contributed by atoms with van der Waals surface area (Å²) in [6.07, 6.45) is 20.8. The fourth-order valence-electron chi connectivity index (χ4n) is 14.4. The van der Waals surface area contributed by atoms with Crippen LogP contribution in [-0.2, 0) is 0 Å². The zero-order valence-electron chi connectivity index (χ0n) is 45.8. The van der Waals surface area contributed by atoms with Crippen LogP contribution in [0.15, 0.2) is 301 Å². The molecular formula is C78H53N3O2. The molecule has 4 aliphatic rings. The number of benzene rings is 12. The average Bonchev–Trinajstić information content (AvgIpc) is 2.88. The number of allylic oxidation sites excluding steroid dienone is 13. The number of para-hydroxylation sites is 1. The highest BCUT2D eigenvalue weighted by Crippen LogP contribution is 2.55. The molecule has 0 saturated heterocycles. The summed E-state index contributed by atoms with van der Waals surface area (Å²) < 4.78 is 14.2. The highest BCUT2D eigenvalue weighted by atomic mass is 16.5. The van der Waals surface area contributed by atoms with Gasteiger partial charge in [0.1, 0.15) is 11.5 Å². The Labute approximate surface area is 480 Å².